The molecule has 0 heterocycles. The Morgan fingerprint density at radius 2 is 0.962 bits per heavy atom. The van der Waals surface area contributed by atoms with Gasteiger partial charge in [-0.05, 0) is 0 Å². The number of ether oxygens (including phenoxy) is 4. The summed E-state index contributed by atoms with van der Waals surface area (Å²) in [6.07, 6.45) is 9.18. The third kappa shape index (κ3) is 23.0. The van der Waals surface area contributed by atoms with Gasteiger partial charge in [0.1, 0.15) is 0 Å². The fourth-order valence-electron chi connectivity index (χ4n) is 2.14. The molecule has 0 spiro atoms. The molecule has 2 unspecified atom stereocenters. The molecule has 0 N–H and O–H groups in total. The normalized spacial score (nSPS) is 13.5. The minimum Gasteiger partial charge on any atom is 0 e. The Hall–Kier alpha value is 0.957. The largest absolute Gasteiger partial charge is 0 e. The molecule has 0 aliphatic heterocycles. The Morgan fingerprint density at radius 1 is 0.615 bits per heavy atom. The minimum atomic E-state index is 0. The fourth-order valence-corrected chi connectivity index (χ4v) is 3.75. The average Bonchev–Trinajstić information content (AvgIpc) is 2.59. The van der Waals surface area contributed by atoms with Crippen molar-refractivity contribution in [3.63, 3.8) is 0 Å². The summed E-state index contributed by atoms with van der Waals surface area (Å²) >= 11 is 2.17. The van der Waals surface area contributed by atoms with Crippen LogP contribution >= 0.6 is 0 Å². The predicted octanol–water partition coefficient (Wildman–Crippen LogP) is 5.45. The van der Waals surface area contributed by atoms with E-state index in [2.05, 4.69) is 42.7 Å². The third-order valence-electron chi connectivity index (χ3n) is 3.70. The molecule has 4 nitrogen and oxygen atoms in total. The van der Waals surface area contributed by atoms with Crippen LogP contribution in [-0.2, 0) is 33.9 Å². The molecule has 0 rings (SSSR count). The molecule has 0 aliphatic carbocycles. The van der Waals surface area contributed by atoms with Gasteiger partial charge >= 0.3 is 163 Å². The second-order valence-electron chi connectivity index (χ2n) is 6.37. The number of unbranched alkanes of at least 4 members (excludes halogenated alkanes) is 2. The molecule has 0 aromatic rings. The van der Waals surface area contributed by atoms with Gasteiger partial charge in [-0.15, -0.1) is 0 Å². The average molecular weight is 417 g/mol. The molecule has 6 heteroatoms. The summed E-state index contributed by atoms with van der Waals surface area (Å²) in [7, 11) is 0. The predicted molar refractivity (Wildman–Crippen MR) is 106 cm³/mol. The topological polar surface area (TPSA) is 36.9 Å². The molecule has 0 amide bonds. The summed E-state index contributed by atoms with van der Waals surface area (Å²) in [6, 6.07) is 0. The smallest absolute Gasteiger partial charge is 0 e. The molecule has 0 aromatic carbocycles. The van der Waals surface area contributed by atoms with Crippen molar-refractivity contribution >= 4 is 18.9 Å². The van der Waals surface area contributed by atoms with Gasteiger partial charge < -0.3 is 0 Å². The van der Waals surface area contributed by atoms with Gasteiger partial charge in [-0.3, -0.25) is 0 Å². The van der Waals surface area contributed by atoms with E-state index in [1.165, 1.54) is 25.7 Å². The van der Waals surface area contributed by atoms with Crippen LogP contribution in [0.2, 0.25) is 9.63 Å². The van der Waals surface area contributed by atoms with Gasteiger partial charge in [0.15, 0.2) is 0 Å². The summed E-state index contributed by atoms with van der Waals surface area (Å²) < 4.78 is 21.8. The van der Waals surface area contributed by atoms with Crippen molar-refractivity contribution in [3.05, 3.63) is 0 Å². The zero-order chi connectivity index (χ0) is 18.6. The molecule has 0 aliphatic rings. The van der Waals surface area contributed by atoms with E-state index in [1.807, 2.05) is 0 Å². The van der Waals surface area contributed by atoms with Crippen LogP contribution in [0.1, 0.15) is 79.1 Å². The molecule has 0 bridgehead atoms. The molecule has 1 radical (unpaired) electrons. The first kappa shape index (κ1) is 29.2. The first-order valence-electron chi connectivity index (χ1n) is 10.0. The van der Waals surface area contributed by atoms with Gasteiger partial charge in [0, 0.05) is 18.9 Å². The van der Waals surface area contributed by atoms with E-state index in [0.29, 0.717) is 23.2 Å². The van der Waals surface area contributed by atoms with Crippen LogP contribution in [-0.4, -0.2) is 58.9 Å². The molecule has 0 saturated heterocycles. The molecule has 2 atom stereocenters. The quantitative estimate of drug-likeness (QED) is 0.150. The SMILES string of the molecule is CCCCOCOCCC[CH](C)[Cu][CH](C)CCCOCOCCCC.[Li]. The van der Waals surface area contributed by atoms with Crippen LogP contribution in [0.3, 0.4) is 0 Å². The van der Waals surface area contributed by atoms with Crippen LogP contribution in [0.5, 0.6) is 0 Å². The Bertz CT molecular complexity index is 236. The van der Waals surface area contributed by atoms with Gasteiger partial charge in [-0.25, -0.2) is 0 Å². The molecule has 158 valence electrons. The Kier molecular flexibility index (Phi) is 26.9. The van der Waals surface area contributed by atoms with E-state index < -0.39 is 0 Å². The van der Waals surface area contributed by atoms with Crippen molar-refractivity contribution < 1.29 is 33.9 Å². The van der Waals surface area contributed by atoms with Crippen LogP contribution in [0, 0.1) is 0 Å². The number of hydrogen-bond acceptors (Lipinski definition) is 4. The van der Waals surface area contributed by atoms with Crippen molar-refractivity contribution in [2.75, 3.05) is 40.0 Å². The van der Waals surface area contributed by atoms with Crippen LogP contribution in [0.15, 0.2) is 0 Å². The monoisotopic (exact) mass is 416 g/mol. The standard InChI is InChI=1S/2C10H21O2.Cu.Li/c2*1-3-5-7-9-12-10-11-8-6-4-2;;/h2*3H,4-10H2,1-2H3;;. The third-order valence-corrected chi connectivity index (χ3v) is 5.31. The maximum Gasteiger partial charge on any atom is 0 e. The maximum absolute atomic E-state index is 5.50. The Morgan fingerprint density at radius 3 is 1.31 bits per heavy atom. The van der Waals surface area contributed by atoms with E-state index in [1.54, 1.807) is 0 Å². The zero-order valence-electron chi connectivity index (χ0n) is 18.0. The fraction of sp³-hybridized carbons (Fsp3) is 1.00. The van der Waals surface area contributed by atoms with Crippen molar-refractivity contribution in [1.29, 1.82) is 0 Å². The van der Waals surface area contributed by atoms with E-state index in [-0.39, 0.29) is 18.9 Å². The summed E-state index contributed by atoms with van der Waals surface area (Å²) in [6.45, 7) is 13.1. The van der Waals surface area contributed by atoms with E-state index in [4.69, 9.17) is 18.9 Å². The molecule has 0 aromatic heterocycles. The summed E-state index contributed by atoms with van der Waals surface area (Å²) in [4.78, 5) is 1.34. The van der Waals surface area contributed by atoms with Crippen LogP contribution in [0.25, 0.3) is 0 Å². The van der Waals surface area contributed by atoms with E-state index in [0.717, 1.165) is 52.1 Å². The van der Waals surface area contributed by atoms with E-state index in [9.17, 15) is 0 Å². The van der Waals surface area contributed by atoms with Gasteiger partial charge in [0.25, 0.3) is 0 Å². The van der Waals surface area contributed by atoms with Crippen molar-refractivity contribution in [1.82, 2.24) is 0 Å². The minimum absolute atomic E-state index is 0. The van der Waals surface area contributed by atoms with Crippen LogP contribution in [0.4, 0.5) is 0 Å². The second kappa shape index (κ2) is 24.0. The first-order chi connectivity index (χ1) is 12.2. The van der Waals surface area contributed by atoms with Crippen LogP contribution < -0.4 is 0 Å². The van der Waals surface area contributed by atoms with Gasteiger partial charge in [0.05, 0.1) is 0 Å². The summed E-state index contributed by atoms with van der Waals surface area (Å²) in [5.41, 5.74) is 0. The number of rotatable bonds is 20. The molecule has 26 heavy (non-hydrogen) atoms. The van der Waals surface area contributed by atoms with Gasteiger partial charge in [0.2, 0.25) is 0 Å². The van der Waals surface area contributed by atoms with Crippen molar-refractivity contribution in [3.8, 4) is 0 Å². The van der Waals surface area contributed by atoms with Crippen molar-refractivity contribution in [2.24, 2.45) is 0 Å². The van der Waals surface area contributed by atoms with Gasteiger partial charge in [-0.2, -0.15) is 0 Å². The maximum atomic E-state index is 5.50. The summed E-state index contributed by atoms with van der Waals surface area (Å²) in [5.74, 6) is 0. The van der Waals surface area contributed by atoms with Gasteiger partial charge in [-0.1, -0.05) is 0 Å². The molecular formula is C20H42CuLiO4. The zero-order valence-corrected chi connectivity index (χ0v) is 18.9. The van der Waals surface area contributed by atoms with Crippen molar-refractivity contribution in [2.45, 2.75) is 88.7 Å². The molecule has 0 saturated carbocycles. The Balaban J connectivity index is 0. The Labute approximate surface area is 181 Å². The number of hydrogen-bond donors (Lipinski definition) is 0. The first-order valence-corrected chi connectivity index (χ1v) is 11.1. The molecule has 0 fully saturated rings. The second-order valence-corrected chi connectivity index (χ2v) is 8.54. The van der Waals surface area contributed by atoms with E-state index >= 15 is 0 Å². The molecular weight excluding hydrogens is 375 g/mol. The summed E-state index contributed by atoms with van der Waals surface area (Å²) in [5, 5.41) is 0.